The molecular formula is C26H34FN3O5S. The molecule has 1 aliphatic rings. The summed E-state index contributed by atoms with van der Waals surface area (Å²) in [4.78, 5) is 28.3. The van der Waals surface area contributed by atoms with Gasteiger partial charge in [-0.2, -0.15) is 0 Å². The highest BCUT2D eigenvalue weighted by molar-refractivity contribution is 7.92. The number of carbonyl (C=O) groups excluding carboxylic acids is 2. The van der Waals surface area contributed by atoms with Gasteiger partial charge in [0.15, 0.2) is 0 Å². The van der Waals surface area contributed by atoms with E-state index in [2.05, 4.69) is 5.32 Å². The summed E-state index contributed by atoms with van der Waals surface area (Å²) in [6.07, 6.45) is 5.25. The lowest BCUT2D eigenvalue weighted by Crippen LogP contribution is -2.53. The molecule has 0 spiro atoms. The van der Waals surface area contributed by atoms with Crippen LogP contribution in [-0.2, 0) is 26.2 Å². The minimum atomic E-state index is -3.82. The monoisotopic (exact) mass is 519 g/mol. The van der Waals surface area contributed by atoms with Gasteiger partial charge >= 0.3 is 0 Å². The maximum absolute atomic E-state index is 13.7. The quantitative estimate of drug-likeness (QED) is 0.491. The molecule has 1 aliphatic carbocycles. The molecule has 2 aromatic carbocycles. The van der Waals surface area contributed by atoms with E-state index in [4.69, 9.17) is 4.74 Å². The summed E-state index contributed by atoms with van der Waals surface area (Å²) in [5.41, 5.74) is 0.934. The van der Waals surface area contributed by atoms with Gasteiger partial charge in [0.25, 0.3) is 0 Å². The van der Waals surface area contributed by atoms with Crippen LogP contribution in [0.4, 0.5) is 10.1 Å². The minimum Gasteiger partial charge on any atom is -0.497 e. The Bertz CT molecular complexity index is 1130. The average molecular weight is 520 g/mol. The highest BCUT2D eigenvalue weighted by atomic mass is 32.2. The van der Waals surface area contributed by atoms with E-state index in [-0.39, 0.29) is 18.5 Å². The molecule has 0 saturated heterocycles. The third-order valence-corrected chi connectivity index (χ3v) is 7.53. The van der Waals surface area contributed by atoms with E-state index in [9.17, 15) is 22.4 Å². The van der Waals surface area contributed by atoms with Crippen LogP contribution in [0.25, 0.3) is 0 Å². The summed E-state index contributed by atoms with van der Waals surface area (Å²) in [5.74, 6) is -0.666. The minimum absolute atomic E-state index is 0.0376. The highest BCUT2D eigenvalue weighted by Crippen LogP contribution is 2.23. The first kappa shape index (κ1) is 27.4. The molecule has 0 radical (unpaired) electrons. The van der Waals surface area contributed by atoms with Gasteiger partial charge in [-0.25, -0.2) is 12.8 Å². The summed E-state index contributed by atoms with van der Waals surface area (Å²) in [6, 6.07) is 11.3. The summed E-state index contributed by atoms with van der Waals surface area (Å²) < 4.78 is 44.9. The summed E-state index contributed by atoms with van der Waals surface area (Å²) in [5, 5.41) is 3.05. The third kappa shape index (κ3) is 7.19. The molecule has 0 aliphatic heterocycles. The molecule has 0 aromatic heterocycles. The highest BCUT2D eigenvalue weighted by Gasteiger charge is 2.33. The maximum atomic E-state index is 13.7. The number of halogens is 1. The molecule has 0 heterocycles. The van der Waals surface area contributed by atoms with E-state index in [1.54, 1.807) is 36.4 Å². The number of hydrogen-bond donors (Lipinski definition) is 1. The smallest absolute Gasteiger partial charge is 0.244 e. The van der Waals surface area contributed by atoms with Crippen LogP contribution < -0.4 is 14.4 Å². The van der Waals surface area contributed by atoms with Crippen LogP contribution in [0.2, 0.25) is 0 Å². The van der Waals surface area contributed by atoms with Gasteiger partial charge in [0.1, 0.15) is 24.2 Å². The van der Waals surface area contributed by atoms with Crippen molar-refractivity contribution in [3.63, 3.8) is 0 Å². The number of amides is 2. The second-order valence-corrected chi connectivity index (χ2v) is 10.9. The zero-order chi connectivity index (χ0) is 26.3. The molecule has 1 atom stereocenters. The molecule has 1 fully saturated rings. The van der Waals surface area contributed by atoms with Crippen molar-refractivity contribution >= 4 is 27.5 Å². The molecule has 8 nitrogen and oxygen atoms in total. The molecule has 196 valence electrons. The normalized spacial score (nSPS) is 14.8. The Hall–Kier alpha value is -3.14. The van der Waals surface area contributed by atoms with E-state index in [0.717, 1.165) is 36.2 Å². The number of nitrogens with one attached hydrogen (secondary N) is 1. The maximum Gasteiger partial charge on any atom is 0.244 e. The Kier molecular flexibility index (Phi) is 9.31. The number of methoxy groups -OCH3 is 1. The fraction of sp³-hybridized carbons (Fsp3) is 0.462. The van der Waals surface area contributed by atoms with Crippen molar-refractivity contribution in [2.24, 2.45) is 0 Å². The lowest BCUT2D eigenvalue weighted by atomic mass is 10.1. The zero-order valence-corrected chi connectivity index (χ0v) is 21.8. The molecule has 10 heteroatoms. The van der Waals surface area contributed by atoms with Gasteiger partial charge in [-0.1, -0.05) is 31.9 Å². The van der Waals surface area contributed by atoms with Crippen LogP contribution in [0.1, 0.15) is 44.6 Å². The molecule has 0 unspecified atom stereocenters. The predicted molar refractivity (Wildman–Crippen MR) is 137 cm³/mol. The number of nitrogens with zero attached hydrogens (tertiary/aromatic N) is 2. The first-order chi connectivity index (χ1) is 17.1. The molecule has 1 N–H and O–H groups in total. The fourth-order valence-electron chi connectivity index (χ4n) is 4.44. The second kappa shape index (κ2) is 12.2. The Morgan fingerprint density at radius 3 is 2.22 bits per heavy atom. The van der Waals surface area contributed by atoms with Crippen LogP contribution in [0, 0.1) is 5.82 Å². The molecule has 3 rings (SSSR count). The summed E-state index contributed by atoms with van der Waals surface area (Å²) in [6.45, 7) is 1.36. The SMILES string of the molecule is CC[C@H](C(=O)NC1CCCC1)N(Cc1ccc(F)cc1)C(=O)CN(c1ccc(OC)cc1)S(C)(=O)=O. The van der Waals surface area contributed by atoms with Gasteiger partial charge in [0.05, 0.1) is 19.1 Å². The number of anilines is 1. The van der Waals surface area contributed by atoms with E-state index in [1.165, 1.54) is 24.1 Å². The predicted octanol–water partition coefficient (Wildman–Crippen LogP) is 3.47. The van der Waals surface area contributed by atoms with E-state index in [0.29, 0.717) is 23.4 Å². The van der Waals surface area contributed by atoms with Gasteiger partial charge in [0, 0.05) is 12.6 Å². The van der Waals surface area contributed by atoms with Crippen molar-refractivity contribution in [3.8, 4) is 5.75 Å². The summed E-state index contributed by atoms with van der Waals surface area (Å²) >= 11 is 0. The Balaban J connectivity index is 1.90. The van der Waals surface area contributed by atoms with Gasteiger partial charge in [0.2, 0.25) is 21.8 Å². The van der Waals surface area contributed by atoms with Crippen LogP contribution >= 0.6 is 0 Å². The summed E-state index contributed by atoms with van der Waals surface area (Å²) in [7, 11) is -2.32. The lowest BCUT2D eigenvalue weighted by Gasteiger charge is -2.33. The van der Waals surface area contributed by atoms with Crippen LogP contribution in [-0.4, -0.2) is 57.1 Å². The number of carbonyl (C=O) groups is 2. The Labute approximate surface area is 212 Å². The van der Waals surface area contributed by atoms with E-state index < -0.39 is 34.3 Å². The van der Waals surface area contributed by atoms with Crippen molar-refractivity contribution in [2.75, 3.05) is 24.2 Å². The van der Waals surface area contributed by atoms with Crippen molar-refractivity contribution in [3.05, 3.63) is 59.9 Å². The van der Waals surface area contributed by atoms with E-state index in [1.807, 2.05) is 6.92 Å². The topological polar surface area (TPSA) is 96.0 Å². The van der Waals surface area contributed by atoms with Crippen molar-refractivity contribution < 1.29 is 27.1 Å². The van der Waals surface area contributed by atoms with Crippen molar-refractivity contribution in [1.29, 1.82) is 0 Å². The van der Waals surface area contributed by atoms with Gasteiger partial charge in [-0.3, -0.25) is 13.9 Å². The third-order valence-electron chi connectivity index (χ3n) is 6.39. The second-order valence-electron chi connectivity index (χ2n) is 9.03. The van der Waals surface area contributed by atoms with E-state index >= 15 is 0 Å². The fourth-order valence-corrected chi connectivity index (χ4v) is 5.29. The first-order valence-electron chi connectivity index (χ1n) is 12.1. The number of rotatable bonds is 11. The number of hydrogen-bond acceptors (Lipinski definition) is 5. The molecule has 1 saturated carbocycles. The number of sulfonamides is 1. The lowest BCUT2D eigenvalue weighted by molar-refractivity contribution is -0.140. The number of benzene rings is 2. The molecular weight excluding hydrogens is 485 g/mol. The van der Waals surface area contributed by atoms with Gasteiger partial charge < -0.3 is 15.0 Å². The Morgan fingerprint density at radius 2 is 1.69 bits per heavy atom. The average Bonchev–Trinajstić information content (AvgIpc) is 3.36. The largest absolute Gasteiger partial charge is 0.497 e. The molecule has 2 aromatic rings. The zero-order valence-electron chi connectivity index (χ0n) is 20.9. The van der Waals surface area contributed by atoms with Crippen LogP contribution in [0.15, 0.2) is 48.5 Å². The van der Waals surface area contributed by atoms with Crippen molar-refractivity contribution in [1.82, 2.24) is 10.2 Å². The van der Waals surface area contributed by atoms with Crippen molar-refractivity contribution in [2.45, 2.75) is 57.7 Å². The first-order valence-corrected chi connectivity index (χ1v) is 13.9. The molecule has 0 bridgehead atoms. The van der Waals surface area contributed by atoms with Crippen LogP contribution in [0.5, 0.6) is 5.75 Å². The van der Waals surface area contributed by atoms with Gasteiger partial charge in [-0.05, 0) is 61.2 Å². The Morgan fingerprint density at radius 1 is 1.08 bits per heavy atom. The standard InChI is InChI=1S/C26H34FN3O5S/c1-4-24(26(32)28-21-7-5-6-8-21)29(17-19-9-11-20(27)12-10-19)25(31)18-30(36(3,33)34)22-13-15-23(35-2)16-14-22/h9-16,21,24H,4-8,17-18H2,1-3H3,(H,28,32)/t24-/m1/s1. The molecule has 36 heavy (non-hydrogen) atoms. The molecule has 2 amide bonds. The van der Waals surface area contributed by atoms with Crippen LogP contribution in [0.3, 0.4) is 0 Å². The number of ether oxygens (including phenoxy) is 1. The van der Waals surface area contributed by atoms with Gasteiger partial charge in [-0.15, -0.1) is 0 Å².